The lowest BCUT2D eigenvalue weighted by Crippen LogP contribution is -2.07. The fourth-order valence-corrected chi connectivity index (χ4v) is 2.04. The Morgan fingerprint density at radius 3 is 3.00 bits per heavy atom. The van der Waals surface area contributed by atoms with Gasteiger partial charge >= 0.3 is 0 Å². The molecule has 2 heterocycles. The molecule has 0 aliphatic carbocycles. The van der Waals surface area contributed by atoms with Crippen molar-refractivity contribution in [2.24, 2.45) is 5.73 Å². The zero-order valence-electron chi connectivity index (χ0n) is 8.21. The van der Waals surface area contributed by atoms with Crippen LogP contribution in [-0.4, -0.2) is 20.2 Å². The van der Waals surface area contributed by atoms with E-state index in [-0.39, 0.29) is 6.04 Å². The average molecular weight is 221 g/mol. The third-order valence-corrected chi connectivity index (χ3v) is 2.80. The molecule has 0 bridgehead atoms. The summed E-state index contributed by atoms with van der Waals surface area (Å²) >= 11 is 1.43. The summed E-state index contributed by atoms with van der Waals surface area (Å²) in [7, 11) is 0. The summed E-state index contributed by atoms with van der Waals surface area (Å²) in [6.07, 6.45) is 3.21. The van der Waals surface area contributed by atoms with E-state index in [2.05, 4.69) is 20.2 Å². The van der Waals surface area contributed by atoms with Crippen LogP contribution in [0.3, 0.4) is 0 Å². The van der Waals surface area contributed by atoms with Gasteiger partial charge in [-0.15, -0.1) is 0 Å². The molecule has 0 spiro atoms. The predicted molar refractivity (Wildman–Crippen MR) is 57.3 cm³/mol. The van der Waals surface area contributed by atoms with E-state index in [0.717, 1.165) is 15.7 Å². The van der Waals surface area contributed by atoms with Gasteiger partial charge in [0, 0.05) is 17.8 Å². The van der Waals surface area contributed by atoms with Gasteiger partial charge in [0.15, 0.2) is 5.16 Å². The average Bonchev–Trinajstić information content (AvgIpc) is 2.71. The molecule has 0 fully saturated rings. The molecule has 1 atom stereocenters. The topological polar surface area (TPSA) is 80.5 Å². The van der Waals surface area contributed by atoms with Crippen molar-refractivity contribution in [2.75, 3.05) is 0 Å². The highest BCUT2D eigenvalue weighted by molar-refractivity contribution is 7.99. The van der Waals surface area contributed by atoms with Gasteiger partial charge in [0.2, 0.25) is 0 Å². The van der Waals surface area contributed by atoms with Gasteiger partial charge < -0.3 is 5.73 Å². The molecule has 0 saturated heterocycles. The molecule has 15 heavy (non-hydrogen) atoms. The third-order valence-electron chi connectivity index (χ3n) is 1.88. The summed E-state index contributed by atoms with van der Waals surface area (Å²) in [4.78, 5) is 8.30. The predicted octanol–water partition coefficient (Wildman–Crippen LogP) is 1.37. The number of H-pyrrole nitrogens is 1. The fourth-order valence-electron chi connectivity index (χ4n) is 1.17. The van der Waals surface area contributed by atoms with E-state index < -0.39 is 0 Å². The Balaban J connectivity index is 2.28. The van der Waals surface area contributed by atoms with Crippen LogP contribution in [0, 0.1) is 0 Å². The first kappa shape index (κ1) is 10.1. The van der Waals surface area contributed by atoms with Crippen LogP contribution >= 0.6 is 11.8 Å². The van der Waals surface area contributed by atoms with Gasteiger partial charge in [-0.05, 0) is 24.8 Å². The van der Waals surface area contributed by atoms with Crippen LogP contribution in [-0.2, 0) is 0 Å². The van der Waals surface area contributed by atoms with E-state index >= 15 is 0 Å². The lowest BCUT2D eigenvalue weighted by Gasteiger charge is -2.08. The van der Waals surface area contributed by atoms with Gasteiger partial charge in [-0.25, -0.2) is 9.97 Å². The number of pyridine rings is 1. The maximum Gasteiger partial charge on any atom is 0.189 e. The Bertz CT molecular complexity index is 426. The van der Waals surface area contributed by atoms with Gasteiger partial charge in [0.05, 0.1) is 0 Å². The zero-order chi connectivity index (χ0) is 10.7. The van der Waals surface area contributed by atoms with Crippen molar-refractivity contribution in [3.63, 3.8) is 0 Å². The summed E-state index contributed by atoms with van der Waals surface area (Å²) in [5.74, 6) is 0. The van der Waals surface area contributed by atoms with Crippen LogP contribution in [0.5, 0.6) is 0 Å². The van der Waals surface area contributed by atoms with Gasteiger partial charge in [-0.3, -0.25) is 5.10 Å². The second-order valence-corrected chi connectivity index (χ2v) is 4.06. The van der Waals surface area contributed by atoms with Gasteiger partial charge in [-0.1, -0.05) is 6.07 Å². The van der Waals surface area contributed by atoms with Crippen LogP contribution in [0.15, 0.2) is 34.8 Å². The Morgan fingerprint density at radius 1 is 1.47 bits per heavy atom. The van der Waals surface area contributed by atoms with Crippen molar-refractivity contribution in [2.45, 2.75) is 23.1 Å². The second-order valence-electron chi connectivity index (χ2n) is 3.08. The van der Waals surface area contributed by atoms with Crippen molar-refractivity contribution >= 4 is 11.8 Å². The van der Waals surface area contributed by atoms with Gasteiger partial charge in [0.1, 0.15) is 11.4 Å². The monoisotopic (exact) mass is 221 g/mol. The largest absolute Gasteiger partial charge is 0.324 e. The summed E-state index contributed by atoms with van der Waals surface area (Å²) in [5.41, 5.74) is 6.86. The van der Waals surface area contributed by atoms with Crippen molar-refractivity contribution < 1.29 is 0 Å². The molecule has 3 N–H and O–H groups in total. The van der Waals surface area contributed by atoms with E-state index in [1.807, 2.05) is 19.1 Å². The molecule has 0 amide bonds. The molecule has 0 saturated carbocycles. The smallest absolute Gasteiger partial charge is 0.189 e. The number of aromatic amines is 1. The highest BCUT2D eigenvalue weighted by Crippen LogP contribution is 2.27. The van der Waals surface area contributed by atoms with E-state index in [4.69, 9.17) is 5.73 Å². The Labute approximate surface area is 91.5 Å². The number of rotatable bonds is 3. The molecular formula is C9H11N5S. The molecule has 78 valence electrons. The fraction of sp³-hybridized carbons (Fsp3) is 0.222. The molecule has 0 aliphatic heterocycles. The number of nitrogens with zero attached hydrogens (tertiary/aromatic N) is 3. The highest BCUT2D eigenvalue weighted by Gasteiger charge is 2.10. The summed E-state index contributed by atoms with van der Waals surface area (Å²) < 4.78 is 0. The molecule has 2 aromatic heterocycles. The van der Waals surface area contributed by atoms with E-state index in [1.54, 1.807) is 6.20 Å². The van der Waals surface area contributed by atoms with Crippen molar-refractivity contribution in [3.05, 3.63) is 30.2 Å². The Morgan fingerprint density at radius 2 is 2.33 bits per heavy atom. The lowest BCUT2D eigenvalue weighted by molar-refractivity contribution is 0.778. The maximum absolute atomic E-state index is 5.84. The first-order valence-electron chi connectivity index (χ1n) is 4.51. The molecule has 0 aromatic carbocycles. The SMILES string of the molecule is C[C@@H](N)c1cccnc1Sc1ncn[nH]1. The molecule has 0 radical (unpaired) electrons. The second kappa shape index (κ2) is 4.41. The molecule has 6 heteroatoms. The molecule has 5 nitrogen and oxygen atoms in total. The van der Waals surface area contributed by atoms with Crippen LogP contribution in [0.1, 0.15) is 18.5 Å². The molecule has 2 rings (SSSR count). The summed E-state index contributed by atoms with van der Waals surface area (Å²) in [6.45, 7) is 1.93. The highest BCUT2D eigenvalue weighted by atomic mass is 32.2. The Hall–Kier alpha value is -1.40. The number of nitrogens with one attached hydrogen (secondary N) is 1. The molecule has 0 unspecified atom stereocenters. The van der Waals surface area contributed by atoms with Gasteiger partial charge in [0.25, 0.3) is 0 Å². The number of aromatic nitrogens is 4. The normalized spacial score (nSPS) is 12.7. The maximum atomic E-state index is 5.84. The first-order chi connectivity index (χ1) is 7.27. The van der Waals surface area contributed by atoms with E-state index in [1.165, 1.54) is 18.1 Å². The number of nitrogens with two attached hydrogens (primary N) is 1. The summed E-state index contributed by atoms with van der Waals surface area (Å²) in [5, 5.41) is 8.13. The van der Waals surface area contributed by atoms with Crippen molar-refractivity contribution in [3.8, 4) is 0 Å². The minimum Gasteiger partial charge on any atom is -0.324 e. The van der Waals surface area contributed by atoms with E-state index in [0.29, 0.717) is 0 Å². The van der Waals surface area contributed by atoms with Crippen LogP contribution in [0.4, 0.5) is 0 Å². The van der Waals surface area contributed by atoms with Crippen LogP contribution < -0.4 is 5.73 Å². The lowest BCUT2D eigenvalue weighted by atomic mass is 10.2. The number of hydrogen-bond donors (Lipinski definition) is 2. The first-order valence-corrected chi connectivity index (χ1v) is 5.32. The Kier molecular flexibility index (Phi) is 2.98. The molecular weight excluding hydrogens is 210 g/mol. The quantitative estimate of drug-likeness (QED) is 0.818. The number of hydrogen-bond acceptors (Lipinski definition) is 5. The molecule has 0 aliphatic rings. The third kappa shape index (κ3) is 2.34. The van der Waals surface area contributed by atoms with Crippen molar-refractivity contribution in [1.82, 2.24) is 20.2 Å². The van der Waals surface area contributed by atoms with Crippen LogP contribution in [0.2, 0.25) is 0 Å². The van der Waals surface area contributed by atoms with E-state index in [9.17, 15) is 0 Å². The van der Waals surface area contributed by atoms with Crippen molar-refractivity contribution in [1.29, 1.82) is 0 Å². The minimum absolute atomic E-state index is 0.0379. The minimum atomic E-state index is -0.0379. The zero-order valence-corrected chi connectivity index (χ0v) is 9.03. The molecule has 2 aromatic rings. The van der Waals surface area contributed by atoms with Gasteiger partial charge in [-0.2, -0.15) is 5.10 Å². The standard InChI is InChI=1S/C9H11N5S/c1-6(10)7-3-2-4-11-8(7)15-9-12-5-13-14-9/h2-6H,10H2,1H3,(H,12,13,14)/t6-/m1/s1. The van der Waals surface area contributed by atoms with Crippen LogP contribution in [0.25, 0.3) is 0 Å². The summed E-state index contributed by atoms with van der Waals surface area (Å²) in [6, 6.07) is 3.81.